The van der Waals surface area contributed by atoms with Crippen LogP contribution in [-0.4, -0.2) is 38.8 Å². The van der Waals surface area contributed by atoms with E-state index in [1.165, 1.54) is 36.3 Å². The average Bonchev–Trinajstić information content (AvgIpc) is 2.70. The smallest absolute Gasteiger partial charge is 0.416 e. The molecule has 0 aliphatic carbocycles. The Balaban J connectivity index is 2.25. The summed E-state index contributed by atoms with van der Waals surface area (Å²) in [5.41, 5.74) is -0.0228. The molecule has 0 saturated heterocycles. The molecule has 0 aliphatic rings. The van der Waals surface area contributed by atoms with Crippen LogP contribution >= 0.6 is 0 Å². The lowest BCUT2D eigenvalue weighted by atomic mass is 10.1. The van der Waals surface area contributed by atoms with Crippen molar-refractivity contribution in [2.24, 2.45) is 0 Å². The quantitative estimate of drug-likeness (QED) is 0.551. The first-order valence-corrected chi connectivity index (χ1v) is 11.5. The third-order valence-corrected chi connectivity index (χ3v) is 5.15. The molecule has 176 valence electrons. The van der Waals surface area contributed by atoms with E-state index in [2.05, 4.69) is 5.32 Å². The second-order valence-corrected chi connectivity index (χ2v) is 8.74. The Morgan fingerprint density at radius 2 is 1.75 bits per heavy atom. The Morgan fingerprint density at radius 1 is 1.12 bits per heavy atom. The molecule has 0 spiro atoms. The van der Waals surface area contributed by atoms with E-state index in [9.17, 15) is 26.4 Å². The molecule has 0 fully saturated rings. The topological polar surface area (TPSA) is 84.9 Å². The van der Waals surface area contributed by atoms with Gasteiger partial charge in [-0.3, -0.25) is 0 Å². The molecular weight excluding hydrogens is 449 g/mol. The third kappa shape index (κ3) is 7.04. The molecule has 0 radical (unpaired) electrons. The van der Waals surface area contributed by atoms with Crippen molar-refractivity contribution in [3.8, 4) is 11.5 Å². The zero-order chi connectivity index (χ0) is 24.1. The predicted octanol–water partition coefficient (Wildman–Crippen LogP) is 4.89. The van der Waals surface area contributed by atoms with Crippen molar-refractivity contribution in [3.05, 3.63) is 53.6 Å². The Hall–Kier alpha value is -2.95. The van der Waals surface area contributed by atoms with Gasteiger partial charge >= 0.3 is 22.3 Å². The number of amides is 2. The van der Waals surface area contributed by atoms with Crippen molar-refractivity contribution in [2.45, 2.75) is 39.0 Å². The highest BCUT2D eigenvalue weighted by atomic mass is 32.2. The number of nitrogens with zero attached hydrogens (tertiary/aromatic N) is 1. The standard InChI is InChI=1S/C21H25F3N2O5S/c1-5-14(2)26(20(27)25-17-9-7-16(8-10-17)21(22,23)24)13-15-6-11-18(30-3)19(12-15)31-32(4,28)29/h6-12,14H,5,13H2,1-4H3,(H,25,27). The lowest BCUT2D eigenvalue weighted by molar-refractivity contribution is -0.137. The van der Waals surface area contributed by atoms with Gasteiger partial charge in [0.2, 0.25) is 0 Å². The van der Waals surface area contributed by atoms with E-state index in [1.807, 2.05) is 13.8 Å². The number of urea groups is 1. The number of benzene rings is 2. The van der Waals surface area contributed by atoms with Crippen LogP contribution in [0.5, 0.6) is 11.5 Å². The number of nitrogens with one attached hydrogen (secondary N) is 1. The van der Waals surface area contributed by atoms with Crippen LogP contribution in [0.1, 0.15) is 31.4 Å². The van der Waals surface area contributed by atoms with Gasteiger partial charge in [-0.15, -0.1) is 0 Å². The molecule has 2 rings (SSSR count). The van der Waals surface area contributed by atoms with E-state index in [1.54, 1.807) is 6.07 Å². The van der Waals surface area contributed by atoms with E-state index in [-0.39, 0.29) is 29.8 Å². The molecule has 0 aliphatic heterocycles. The highest BCUT2D eigenvalue weighted by molar-refractivity contribution is 7.86. The minimum atomic E-state index is -4.47. The summed E-state index contributed by atoms with van der Waals surface area (Å²) < 4.78 is 71.4. The van der Waals surface area contributed by atoms with Crippen molar-refractivity contribution in [1.82, 2.24) is 4.90 Å². The molecule has 2 aromatic rings. The van der Waals surface area contributed by atoms with Gasteiger partial charge in [0.1, 0.15) is 0 Å². The summed E-state index contributed by atoms with van der Waals surface area (Å²) in [4.78, 5) is 14.4. The summed E-state index contributed by atoms with van der Waals surface area (Å²) >= 11 is 0. The fourth-order valence-corrected chi connectivity index (χ4v) is 3.29. The molecule has 2 aromatic carbocycles. The minimum absolute atomic E-state index is 0.0141. The van der Waals surface area contributed by atoms with Crippen LogP contribution in [0.15, 0.2) is 42.5 Å². The number of methoxy groups -OCH3 is 1. The number of hydrogen-bond acceptors (Lipinski definition) is 5. The molecular formula is C21H25F3N2O5S. The summed E-state index contributed by atoms with van der Waals surface area (Å²) in [6, 6.07) is 8.06. The number of hydrogen-bond donors (Lipinski definition) is 1. The molecule has 0 bridgehead atoms. The van der Waals surface area contributed by atoms with Crippen LogP contribution in [0.2, 0.25) is 0 Å². The fraction of sp³-hybridized carbons (Fsp3) is 0.381. The van der Waals surface area contributed by atoms with Crippen molar-refractivity contribution < 1.29 is 35.3 Å². The summed E-state index contributed by atoms with van der Waals surface area (Å²) in [6.07, 6.45) is -2.95. The number of alkyl halides is 3. The summed E-state index contributed by atoms with van der Waals surface area (Å²) in [6.45, 7) is 3.81. The van der Waals surface area contributed by atoms with Crippen LogP contribution in [0.4, 0.5) is 23.7 Å². The minimum Gasteiger partial charge on any atom is -0.493 e. The lowest BCUT2D eigenvalue weighted by Crippen LogP contribution is -2.40. The zero-order valence-electron chi connectivity index (χ0n) is 18.1. The summed E-state index contributed by atoms with van der Waals surface area (Å²) in [5, 5.41) is 2.60. The number of carbonyl (C=O) groups is 1. The molecule has 2 amide bonds. The number of anilines is 1. The van der Waals surface area contributed by atoms with E-state index in [4.69, 9.17) is 8.92 Å². The molecule has 0 saturated carbocycles. The van der Waals surface area contributed by atoms with Gasteiger partial charge in [0, 0.05) is 18.3 Å². The van der Waals surface area contributed by atoms with Crippen LogP contribution in [0.3, 0.4) is 0 Å². The zero-order valence-corrected chi connectivity index (χ0v) is 18.9. The fourth-order valence-electron chi connectivity index (χ4n) is 2.83. The van der Waals surface area contributed by atoms with Gasteiger partial charge in [0.15, 0.2) is 11.5 Å². The lowest BCUT2D eigenvalue weighted by Gasteiger charge is -2.29. The number of carbonyl (C=O) groups excluding carboxylic acids is 1. The van der Waals surface area contributed by atoms with Gasteiger partial charge in [-0.1, -0.05) is 13.0 Å². The van der Waals surface area contributed by atoms with Gasteiger partial charge in [-0.25, -0.2) is 4.79 Å². The Kier molecular flexibility index (Phi) is 8.00. The maximum absolute atomic E-state index is 12.9. The highest BCUT2D eigenvalue weighted by Gasteiger charge is 2.30. The van der Waals surface area contributed by atoms with E-state index in [0.29, 0.717) is 12.0 Å². The van der Waals surface area contributed by atoms with Gasteiger partial charge in [-0.2, -0.15) is 21.6 Å². The molecule has 1 unspecified atom stereocenters. The van der Waals surface area contributed by atoms with Gasteiger partial charge in [0.25, 0.3) is 0 Å². The Labute approximate surface area is 185 Å². The average molecular weight is 475 g/mol. The predicted molar refractivity (Wildman–Crippen MR) is 114 cm³/mol. The number of halogens is 3. The summed E-state index contributed by atoms with van der Waals surface area (Å²) in [5.74, 6) is 0.197. The number of rotatable bonds is 8. The first kappa shape index (κ1) is 25.3. The SMILES string of the molecule is CCC(C)N(Cc1ccc(OC)c(OS(C)(=O)=O)c1)C(=O)Nc1ccc(C(F)(F)F)cc1. The number of ether oxygens (including phenoxy) is 1. The van der Waals surface area contributed by atoms with Gasteiger partial charge < -0.3 is 19.1 Å². The van der Waals surface area contributed by atoms with E-state index in [0.717, 1.165) is 18.4 Å². The molecule has 1 N–H and O–H groups in total. The van der Waals surface area contributed by atoms with Crippen LogP contribution in [0.25, 0.3) is 0 Å². The normalized spacial score (nSPS) is 12.7. The maximum Gasteiger partial charge on any atom is 0.416 e. The van der Waals surface area contributed by atoms with Crippen LogP contribution in [0, 0.1) is 0 Å². The highest BCUT2D eigenvalue weighted by Crippen LogP contribution is 2.31. The first-order valence-electron chi connectivity index (χ1n) is 9.65. The molecule has 0 heterocycles. The first-order chi connectivity index (χ1) is 14.8. The molecule has 11 heteroatoms. The van der Waals surface area contributed by atoms with Crippen molar-refractivity contribution in [2.75, 3.05) is 18.7 Å². The largest absolute Gasteiger partial charge is 0.493 e. The maximum atomic E-state index is 12.9. The van der Waals surface area contributed by atoms with Crippen molar-refractivity contribution >= 4 is 21.8 Å². The van der Waals surface area contributed by atoms with Gasteiger partial charge in [0.05, 0.1) is 18.9 Å². The Bertz CT molecular complexity index is 1040. The van der Waals surface area contributed by atoms with Crippen molar-refractivity contribution in [1.29, 1.82) is 0 Å². The van der Waals surface area contributed by atoms with Crippen molar-refractivity contribution in [3.63, 3.8) is 0 Å². The Morgan fingerprint density at radius 3 is 2.25 bits per heavy atom. The second-order valence-electron chi connectivity index (χ2n) is 7.16. The second kappa shape index (κ2) is 10.1. The van der Waals surface area contributed by atoms with E-state index < -0.39 is 27.9 Å². The van der Waals surface area contributed by atoms with Crippen LogP contribution in [-0.2, 0) is 22.8 Å². The molecule has 0 aromatic heterocycles. The molecule has 7 nitrogen and oxygen atoms in total. The summed E-state index contributed by atoms with van der Waals surface area (Å²) in [7, 11) is -2.43. The van der Waals surface area contributed by atoms with Crippen LogP contribution < -0.4 is 14.2 Å². The monoisotopic (exact) mass is 474 g/mol. The van der Waals surface area contributed by atoms with Gasteiger partial charge in [-0.05, 0) is 55.3 Å². The third-order valence-electron chi connectivity index (χ3n) is 4.67. The molecule has 32 heavy (non-hydrogen) atoms. The van der Waals surface area contributed by atoms with E-state index >= 15 is 0 Å². The molecule has 1 atom stereocenters.